The van der Waals surface area contributed by atoms with E-state index in [1.54, 1.807) is 13.8 Å². The molecule has 62 valence electrons. The van der Waals surface area contributed by atoms with Gasteiger partial charge in [-0.25, -0.2) is 0 Å². The van der Waals surface area contributed by atoms with Crippen molar-refractivity contribution in [2.75, 3.05) is 0 Å². The zero-order valence-corrected chi connectivity index (χ0v) is 7.22. The molecule has 1 N–H and O–H groups in total. The van der Waals surface area contributed by atoms with Crippen LogP contribution < -0.4 is 0 Å². The van der Waals surface area contributed by atoms with Crippen LogP contribution in [-0.4, -0.2) is 27.4 Å². The minimum absolute atomic E-state index is 0.0741. The van der Waals surface area contributed by atoms with E-state index < -0.39 is 11.9 Å². The predicted octanol–water partition coefficient (Wildman–Crippen LogP) is 0.780. The van der Waals surface area contributed by atoms with Crippen LogP contribution in [0.3, 0.4) is 0 Å². The molecule has 3 unspecified atom stereocenters. The number of hydrogen-bond acceptors (Lipinski definition) is 3. The molecule has 11 heavy (non-hydrogen) atoms. The van der Waals surface area contributed by atoms with E-state index in [1.165, 1.54) is 11.8 Å². The minimum atomic E-state index is -0.987. The second-order valence-corrected chi connectivity index (χ2v) is 4.42. The van der Waals surface area contributed by atoms with E-state index in [9.17, 15) is 9.59 Å². The number of Topliss-reactive ketones (excluding diaryl/α,β-unsaturated/α-hetero) is 1. The van der Waals surface area contributed by atoms with Gasteiger partial charge in [0.1, 0.15) is 5.92 Å². The molecule has 0 bridgehead atoms. The van der Waals surface area contributed by atoms with E-state index in [-0.39, 0.29) is 16.3 Å². The summed E-state index contributed by atoms with van der Waals surface area (Å²) in [6.45, 7) is 3.54. The van der Waals surface area contributed by atoms with Crippen LogP contribution in [0.4, 0.5) is 0 Å². The Kier molecular flexibility index (Phi) is 2.23. The average molecular weight is 174 g/mol. The molecule has 0 aromatic heterocycles. The molecule has 0 aromatic carbocycles. The molecule has 1 fully saturated rings. The van der Waals surface area contributed by atoms with E-state index in [0.29, 0.717) is 0 Å². The summed E-state index contributed by atoms with van der Waals surface area (Å²) in [5, 5.41) is 8.42. The highest BCUT2D eigenvalue weighted by Gasteiger charge is 2.42. The number of rotatable bonds is 1. The van der Waals surface area contributed by atoms with Gasteiger partial charge in [-0.1, -0.05) is 6.92 Å². The van der Waals surface area contributed by atoms with Crippen LogP contribution in [0.25, 0.3) is 0 Å². The van der Waals surface area contributed by atoms with Gasteiger partial charge in [0.2, 0.25) is 0 Å². The molecule has 4 heteroatoms. The van der Waals surface area contributed by atoms with Crippen molar-refractivity contribution in [1.82, 2.24) is 0 Å². The lowest BCUT2D eigenvalue weighted by molar-refractivity contribution is -0.145. The molecule has 1 rings (SSSR count). The third kappa shape index (κ3) is 1.40. The Morgan fingerprint density at radius 2 is 2.09 bits per heavy atom. The third-order valence-electron chi connectivity index (χ3n) is 1.86. The maximum absolute atomic E-state index is 11.2. The maximum atomic E-state index is 11.2. The summed E-state index contributed by atoms with van der Waals surface area (Å²) < 4.78 is 0. The summed E-state index contributed by atoms with van der Waals surface area (Å²) in [5.41, 5.74) is 0. The molecule has 0 radical (unpaired) electrons. The molecule has 3 nitrogen and oxygen atoms in total. The summed E-state index contributed by atoms with van der Waals surface area (Å²) >= 11 is 1.43. The first-order chi connectivity index (χ1) is 5.04. The quantitative estimate of drug-likeness (QED) is 0.597. The van der Waals surface area contributed by atoms with Crippen molar-refractivity contribution in [1.29, 1.82) is 0 Å². The second-order valence-electron chi connectivity index (χ2n) is 2.70. The molecule has 3 atom stereocenters. The lowest BCUT2D eigenvalue weighted by atomic mass is 10.00. The number of aliphatic carboxylic acids is 1. The minimum Gasteiger partial charge on any atom is -0.481 e. The predicted molar refractivity (Wildman–Crippen MR) is 42.6 cm³/mol. The van der Waals surface area contributed by atoms with Crippen LogP contribution in [0.15, 0.2) is 0 Å². The van der Waals surface area contributed by atoms with E-state index >= 15 is 0 Å². The Balaban J connectivity index is 2.80. The standard InChI is InChI=1S/C7H10O3S/c1-3-5(7(9)10)6(8)4(2)11-3/h3-5H,1-2H3,(H,9,10). The van der Waals surface area contributed by atoms with E-state index in [0.717, 1.165) is 0 Å². The van der Waals surface area contributed by atoms with Crippen molar-refractivity contribution in [3.63, 3.8) is 0 Å². The highest BCUT2D eigenvalue weighted by molar-refractivity contribution is 8.01. The molecule has 0 aliphatic carbocycles. The number of thioether (sulfide) groups is 1. The van der Waals surface area contributed by atoms with Gasteiger partial charge in [0.15, 0.2) is 5.78 Å². The number of carbonyl (C=O) groups is 2. The fourth-order valence-corrected chi connectivity index (χ4v) is 2.61. The van der Waals surface area contributed by atoms with Crippen molar-refractivity contribution in [3.05, 3.63) is 0 Å². The largest absolute Gasteiger partial charge is 0.481 e. The molecular formula is C7H10O3S. The number of ketones is 1. The Labute approximate surface area is 69.2 Å². The smallest absolute Gasteiger partial charge is 0.315 e. The number of carboxylic acids is 1. The topological polar surface area (TPSA) is 54.4 Å². The molecule has 0 amide bonds. The van der Waals surface area contributed by atoms with Gasteiger partial charge < -0.3 is 5.11 Å². The normalized spacial score (nSPS) is 37.6. The number of carboxylic acid groups (broad SMARTS) is 1. The average Bonchev–Trinajstić information content (AvgIpc) is 2.07. The first-order valence-corrected chi connectivity index (χ1v) is 4.40. The summed E-state index contributed by atoms with van der Waals surface area (Å²) in [5.74, 6) is -1.91. The van der Waals surface area contributed by atoms with Gasteiger partial charge in [0.05, 0.1) is 5.25 Å². The Bertz CT molecular complexity index is 202. The lowest BCUT2D eigenvalue weighted by Gasteiger charge is -2.05. The molecule has 0 spiro atoms. The van der Waals surface area contributed by atoms with Gasteiger partial charge in [0.25, 0.3) is 0 Å². The van der Waals surface area contributed by atoms with E-state index in [2.05, 4.69) is 0 Å². The van der Waals surface area contributed by atoms with Crippen LogP contribution in [0.1, 0.15) is 13.8 Å². The van der Waals surface area contributed by atoms with Gasteiger partial charge in [-0.15, -0.1) is 11.8 Å². The van der Waals surface area contributed by atoms with E-state index in [4.69, 9.17) is 5.11 Å². The molecule has 1 heterocycles. The fourth-order valence-electron chi connectivity index (χ4n) is 1.27. The lowest BCUT2D eigenvalue weighted by Crippen LogP contribution is -2.27. The first kappa shape index (κ1) is 8.59. The summed E-state index contributed by atoms with van der Waals surface area (Å²) in [7, 11) is 0. The third-order valence-corrected chi connectivity index (χ3v) is 3.20. The summed E-state index contributed by atoms with van der Waals surface area (Å²) in [6, 6.07) is 0. The van der Waals surface area contributed by atoms with Gasteiger partial charge in [0, 0.05) is 5.25 Å². The maximum Gasteiger partial charge on any atom is 0.315 e. The van der Waals surface area contributed by atoms with Gasteiger partial charge in [-0.2, -0.15) is 0 Å². The molecule has 1 aliphatic heterocycles. The van der Waals surface area contributed by atoms with Crippen LogP contribution in [0.5, 0.6) is 0 Å². The monoisotopic (exact) mass is 174 g/mol. The summed E-state index contributed by atoms with van der Waals surface area (Å²) in [6.07, 6.45) is 0. The Morgan fingerprint density at radius 1 is 1.55 bits per heavy atom. The molecular weight excluding hydrogens is 164 g/mol. The zero-order chi connectivity index (χ0) is 8.59. The summed E-state index contributed by atoms with van der Waals surface area (Å²) in [4.78, 5) is 21.7. The van der Waals surface area contributed by atoms with Crippen molar-refractivity contribution < 1.29 is 14.7 Å². The zero-order valence-electron chi connectivity index (χ0n) is 6.40. The van der Waals surface area contributed by atoms with E-state index in [1.807, 2.05) is 0 Å². The van der Waals surface area contributed by atoms with Crippen molar-refractivity contribution in [2.45, 2.75) is 24.3 Å². The van der Waals surface area contributed by atoms with Crippen molar-refractivity contribution >= 4 is 23.5 Å². The number of hydrogen-bond donors (Lipinski definition) is 1. The number of carbonyl (C=O) groups excluding carboxylic acids is 1. The van der Waals surface area contributed by atoms with Gasteiger partial charge in [-0.3, -0.25) is 9.59 Å². The highest BCUT2D eigenvalue weighted by Crippen LogP contribution is 2.34. The van der Waals surface area contributed by atoms with Crippen molar-refractivity contribution in [2.24, 2.45) is 5.92 Å². The SMILES string of the molecule is CC1SC(C)C(C(=O)O)C1=O. The van der Waals surface area contributed by atoms with Gasteiger partial charge >= 0.3 is 5.97 Å². The Hall–Kier alpha value is -0.510. The molecule has 0 saturated carbocycles. The molecule has 0 aromatic rings. The van der Waals surface area contributed by atoms with Gasteiger partial charge in [-0.05, 0) is 6.92 Å². The fraction of sp³-hybridized carbons (Fsp3) is 0.714. The Morgan fingerprint density at radius 3 is 2.27 bits per heavy atom. The van der Waals surface area contributed by atoms with Crippen LogP contribution in [0.2, 0.25) is 0 Å². The van der Waals surface area contributed by atoms with Crippen LogP contribution in [0, 0.1) is 5.92 Å². The molecule has 1 saturated heterocycles. The second kappa shape index (κ2) is 2.85. The van der Waals surface area contributed by atoms with Crippen LogP contribution in [-0.2, 0) is 9.59 Å². The van der Waals surface area contributed by atoms with Crippen LogP contribution >= 0.6 is 11.8 Å². The van der Waals surface area contributed by atoms with Crippen molar-refractivity contribution in [3.8, 4) is 0 Å². The molecule has 1 aliphatic rings. The first-order valence-electron chi connectivity index (χ1n) is 3.46. The highest BCUT2D eigenvalue weighted by atomic mass is 32.2.